The van der Waals surface area contributed by atoms with E-state index in [-0.39, 0.29) is 31.1 Å². The smallest absolute Gasteiger partial charge is 0.0638 e. The zero-order chi connectivity index (χ0) is 49.2. The highest BCUT2D eigenvalue weighted by Crippen LogP contribution is 2.45. The van der Waals surface area contributed by atoms with E-state index in [9.17, 15) is 13.7 Å². The summed E-state index contributed by atoms with van der Waals surface area (Å²) < 4.78 is 213. The highest BCUT2D eigenvalue weighted by molar-refractivity contribution is 7.25. The first-order chi connectivity index (χ1) is 31.3. The molecule has 0 atom stereocenters. The summed E-state index contributed by atoms with van der Waals surface area (Å²) in [6.07, 6.45) is 0. The van der Waals surface area contributed by atoms with Crippen molar-refractivity contribution in [1.29, 1.82) is 0 Å². The molecule has 0 amide bonds. The fourth-order valence-corrected chi connectivity index (χ4v) is 6.19. The Morgan fingerprint density at radius 2 is 0.884 bits per heavy atom. The Balaban J connectivity index is 1.50. The lowest BCUT2D eigenvalue weighted by Gasteiger charge is -2.18. The van der Waals surface area contributed by atoms with Crippen LogP contribution in [-0.4, -0.2) is 0 Å². The third-order valence-corrected chi connectivity index (χ3v) is 8.11. The van der Waals surface area contributed by atoms with Gasteiger partial charge in [0.1, 0.15) is 0 Å². The SMILES string of the molecule is [2H]c1c([2H])c(-c2c3c([2H])c([2H])c([2H])c([2H])c3c(-c3cc4sc5c([2H])c([2H])c([2H])c([2H])c5c4c([2H])c3[2H])c3c([2H])c([2H])c([2H])c([2H])c23)c([2H])c([2H])c1-c1cc([2H])c2c([2H])c([2H])c([2H])c([2H])c2c1[2H]. The molecular weight excluding hydrogens is 537 g/mol. The average molecular weight is 587 g/mol. The molecule has 8 aromatic carbocycles. The number of thiophene rings is 1. The molecule has 0 aliphatic carbocycles. The first kappa shape index (κ1) is 10.5. The highest BCUT2D eigenvalue weighted by Gasteiger charge is 2.17. The molecule has 0 fully saturated rings. The quantitative estimate of drug-likeness (QED) is 0.181. The summed E-state index contributed by atoms with van der Waals surface area (Å²) in [6, 6.07) is -15.5. The van der Waals surface area contributed by atoms with Gasteiger partial charge < -0.3 is 0 Å². The number of rotatable bonds is 3. The van der Waals surface area contributed by atoms with Crippen LogP contribution in [0.1, 0.15) is 32.9 Å². The molecule has 1 heterocycles. The van der Waals surface area contributed by atoms with E-state index in [0.29, 0.717) is 0 Å². The summed E-state index contributed by atoms with van der Waals surface area (Å²) in [5.74, 6) is 0. The lowest BCUT2D eigenvalue weighted by molar-refractivity contribution is 1.63. The third-order valence-electron chi connectivity index (χ3n) is 7.06. The van der Waals surface area contributed by atoms with Gasteiger partial charge in [0.05, 0.1) is 32.9 Å². The minimum atomic E-state index is -0.937. The number of hydrogen-bond acceptors (Lipinski definition) is 1. The van der Waals surface area contributed by atoms with Crippen molar-refractivity contribution >= 4 is 63.8 Å². The largest absolute Gasteiger partial charge is 0.135 e. The van der Waals surface area contributed by atoms with Crippen LogP contribution >= 0.6 is 11.3 Å². The van der Waals surface area contributed by atoms with Crippen molar-refractivity contribution in [3.8, 4) is 33.4 Å². The van der Waals surface area contributed by atoms with E-state index < -0.39 is 200 Å². The second-order valence-electron chi connectivity index (χ2n) is 9.43. The van der Waals surface area contributed by atoms with Crippen molar-refractivity contribution in [2.24, 2.45) is 0 Å². The van der Waals surface area contributed by atoms with Crippen molar-refractivity contribution < 1.29 is 32.9 Å². The number of fused-ring (bicyclic) bond motifs is 6. The van der Waals surface area contributed by atoms with Crippen LogP contribution in [0.25, 0.3) is 85.9 Å². The highest BCUT2D eigenvalue weighted by atomic mass is 32.1. The molecule has 43 heavy (non-hydrogen) atoms. The van der Waals surface area contributed by atoms with Crippen LogP contribution in [0.4, 0.5) is 0 Å². The maximum Gasteiger partial charge on any atom is 0.0638 e. The predicted molar refractivity (Wildman–Crippen MR) is 188 cm³/mol. The fourth-order valence-electron chi connectivity index (χ4n) is 5.18. The van der Waals surface area contributed by atoms with Crippen LogP contribution in [0.3, 0.4) is 0 Å². The van der Waals surface area contributed by atoms with Gasteiger partial charge in [-0.25, -0.2) is 0 Å². The normalized spacial score (nSPS) is 19.5. The first-order valence-corrected chi connectivity index (χ1v) is 13.6. The van der Waals surface area contributed by atoms with Crippen molar-refractivity contribution in [1.82, 2.24) is 0 Å². The molecule has 0 saturated carbocycles. The van der Waals surface area contributed by atoms with Gasteiger partial charge in [-0.15, -0.1) is 11.3 Å². The second-order valence-corrected chi connectivity index (χ2v) is 10.5. The molecule has 1 heteroatoms. The molecular formula is C42H26S. The zero-order valence-corrected chi connectivity index (χ0v) is 22.4. The second kappa shape index (κ2) is 9.66. The molecule has 1 aromatic heterocycles. The molecule has 9 aromatic rings. The summed E-state index contributed by atoms with van der Waals surface area (Å²) in [4.78, 5) is 0. The average Bonchev–Trinajstić information content (AvgIpc) is 3.69. The van der Waals surface area contributed by atoms with Gasteiger partial charge in [-0.2, -0.15) is 0 Å². The van der Waals surface area contributed by atoms with Gasteiger partial charge in [0.2, 0.25) is 0 Å². The lowest BCUT2D eigenvalue weighted by atomic mass is 9.85. The molecule has 0 unspecified atom stereocenters. The summed E-state index contributed by atoms with van der Waals surface area (Å²) in [6.45, 7) is 0. The van der Waals surface area contributed by atoms with Gasteiger partial charge in [0, 0.05) is 20.2 Å². The molecule has 0 aliphatic rings. The Hall–Kier alpha value is -5.24. The van der Waals surface area contributed by atoms with E-state index >= 15 is 0 Å². The van der Waals surface area contributed by atoms with Crippen LogP contribution in [0, 0.1) is 0 Å². The third kappa shape index (κ3) is 3.90. The fraction of sp³-hybridized carbons (Fsp3) is 0. The van der Waals surface area contributed by atoms with Crippen LogP contribution in [0.5, 0.6) is 0 Å². The molecule has 0 saturated heterocycles. The maximum atomic E-state index is 9.45. The molecule has 0 N–H and O–H groups in total. The molecule has 200 valence electrons. The first-order valence-electron chi connectivity index (χ1n) is 24.8. The van der Waals surface area contributed by atoms with Crippen molar-refractivity contribution in [3.05, 3.63) is 157 Å². The minimum absolute atomic E-state index is 0.0383. The van der Waals surface area contributed by atoms with E-state index in [1.165, 1.54) is 6.07 Å². The van der Waals surface area contributed by atoms with Gasteiger partial charge >= 0.3 is 0 Å². The Morgan fingerprint density at radius 3 is 1.58 bits per heavy atom. The number of hydrogen-bond donors (Lipinski definition) is 0. The summed E-state index contributed by atoms with van der Waals surface area (Å²) in [5, 5.41) is -3.01. The molecule has 0 radical (unpaired) electrons. The summed E-state index contributed by atoms with van der Waals surface area (Å²) in [7, 11) is 0. The van der Waals surface area contributed by atoms with E-state index in [0.717, 1.165) is 17.4 Å². The van der Waals surface area contributed by atoms with E-state index in [4.69, 9.17) is 19.2 Å². The van der Waals surface area contributed by atoms with Crippen LogP contribution < -0.4 is 0 Å². The van der Waals surface area contributed by atoms with Gasteiger partial charge in [0.25, 0.3) is 0 Å². The van der Waals surface area contributed by atoms with Gasteiger partial charge in [-0.05, 0) is 83.8 Å². The topological polar surface area (TPSA) is 0 Å². The summed E-state index contributed by atoms with van der Waals surface area (Å²) >= 11 is 0.836. The van der Waals surface area contributed by atoms with Gasteiger partial charge in [0.15, 0.2) is 0 Å². The number of benzene rings is 8. The Bertz CT molecular complexity index is 3740. The monoisotopic (exact) mass is 586 g/mol. The predicted octanol–water partition coefficient (Wildman–Crippen LogP) is 12.5. The lowest BCUT2D eigenvalue weighted by Crippen LogP contribution is -1.91. The van der Waals surface area contributed by atoms with Crippen LogP contribution in [0.15, 0.2) is 157 Å². The Labute approximate surface area is 287 Å². The van der Waals surface area contributed by atoms with E-state index in [1.807, 2.05) is 0 Å². The molecule has 0 bridgehead atoms. The van der Waals surface area contributed by atoms with Gasteiger partial charge in [-0.3, -0.25) is 0 Å². The Morgan fingerprint density at radius 1 is 0.372 bits per heavy atom. The van der Waals surface area contributed by atoms with Crippen LogP contribution in [-0.2, 0) is 0 Å². The van der Waals surface area contributed by atoms with Gasteiger partial charge in [-0.1, -0.05) is 139 Å². The molecule has 9 rings (SSSR count). The molecule has 0 nitrogen and oxygen atoms in total. The van der Waals surface area contributed by atoms with Crippen molar-refractivity contribution in [2.75, 3.05) is 0 Å². The van der Waals surface area contributed by atoms with Crippen molar-refractivity contribution in [3.63, 3.8) is 0 Å². The van der Waals surface area contributed by atoms with Crippen LogP contribution in [0.2, 0.25) is 0 Å². The standard InChI is InChI=1S/C42H26S/c1-2-10-30-25-31(22-19-27(30)9-1)28-17-20-29(21-18-28)41-35-12-3-5-14-37(35)42(38-15-6-4-13-36(38)41)32-23-24-34-33-11-7-8-16-39(33)43-40(34)26-32/h1-26H/i1D,2D,3D,4D,5D,6D,7D,8D,9D,10D,11D,12D,13D,14D,15D,16D,17D,18D,19D,20D,21D,23D,24D,25D. The molecule has 0 spiro atoms. The zero-order valence-electron chi connectivity index (χ0n) is 45.6. The van der Waals surface area contributed by atoms with Crippen molar-refractivity contribution in [2.45, 2.75) is 0 Å². The summed E-state index contributed by atoms with van der Waals surface area (Å²) in [5.41, 5.74) is -3.06. The molecule has 0 aliphatic heterocycles. The van der Waals surface area contributed by atoms with E-state index in [2.05, 4.69) is 0 Å². The Kier molecular flexibility index (Phi) is 2.36. The maximum absolute atomic E-state index is 9.45. The minimum Gasteiger partial charge on any atom is -0.135 e. The van der Waals surface area contributed by atoms with E-state index in [1.54, 1.807) is 0 Å².